The molecule has 3 aromatic rings. The molecule has 1 fully saturated rings. The van der Waals surface area contributed by atoms with E-state index in [1.165, 1.54) is 11.8 Å². The Morgan fingerprint density at radius 3 is 2.63 bits per heavy atom. The van der Waals surface area contributed by atoms with Crippen molar-refractivity contribution in [3.05, 3.63) is 59.1 Å². The molecule has 1 aliphatic rings. The van der Waals surface area contributed by atoms with Crippen molar-refractivity contribution in [3.8, 4) is 0 Å². The van der Waals surface area contributed by atoms with Crippen LogP contribution in [0.2, 0.25) is 0 Å². The van der Waals surface area contributed by atoms with Crippen LogP contribution in [0, 0.1) is 0 Å². The van der Waals surface area contributed by atoms with Gasteiger partial charge in [-0.25, -0.2) is 9.78 Å². The summed E-state index contributed by atoms with van der Waals surface area (Å²) in [4.78, 5) is 43.6. The van der Waals surface area contributed by atoms with Crippen molar-refractivity contribution in [1.82, 2.24) is 20.5 Å². The van der Waals surface area contributed by atoms with Gasteiger partial charge in [0, 0.05) is 17.7 Å². The summed E-state index contributed by atoms with van der Waals surface area (Å²) in [6.07, 6.45) is 0. The molecule has 1 saturated heterocycles. The number of nitrogens with zero attached hydrogens (tertiary/aromatic N) is 2. The molecule has 30 heavy (non-hydrogen) atoms. The Kier molecular flexibility index (Phi) is 5.48. The predicted molar refractivity (Wildman–Crippen MR) is 118 cm³/mol. The summed E-state index contributed by atoms with van der Waals surface area (Å²) in [5.41, 5.74) is 0.476. The van der Waals surface area contributed by atoms with Crippen molar-refractivity contribution in [1.29, 1.82) is 0 Å². The highest BCUT2D eigenvalue weighted by Gasteiger charge is 2.42. The summed E-state index contributed by atoms with van der Waals surface area (Å²) in [6, 6.07) is 14.7. The van der Waals surface area contributed by atoms with Crippen LogP contribution in [0.3, 0.4) is 0 Å². The van der Waals surface area contributed by atoms with E-state index in [0.29, 0.717) is 17.9 Å². The Bertz CT molecular complexity index is 1110. The van der Waals surface area contributed by atoms with Crippen molar-refractivity contribution < 1.29 is 14.4 Å². The van der Waals surface area contributed by atoms with Gasteiger partial charge in [-0.3, -0.25) is 14.9 Å². The number of thiazole rings is 1. The van der Waals surface area contributed by atoms with Crippen LogP contribution in [0.4, 0.5) is 4.79 Å². The monoisotopic (exact) mass is 440 g/mol. The quantitative estimate of drug-likeness (QED) is 0.454. The molecule has 0 unspecified atom stereocenters. The van der Waals surface area contributed by atoms with Gasteiger partial charge in [0.05, 0.1) is 22.3 Å². The molecule has 0 radical (unpaired) electrons. The molecule has 9 heteroatoms. The highest BCUT2D eigenvalue weighted by molar-refractivity contribution is 7.99. The zero-order valence-electron chi connectivity index (χ0n) is 16.5. The fourth-order valence-corrected chi connectivity index (χ4v) is 5.29. The molecule has 1 atom stereocenters. The third-order valence-corrected chi connectivity index (χ3v) is 7.22. The molecular formula is C21H20N4O3S2. The minimum absolute atomic E-state index is 0.123. The van der Waals surface area contributed by atoms with Crippen molar-refractivity contribution in [2.24, 2.45) is 0 Å². The maximum Gasteiger partial charge on any atom is 0.322 e. The summed E-state index contributed by atoms with van der Waals surface area (Å²) in [6.45, 7) is 2.08. The lowest BCUT2D eigenvalue weighted by atomic mass is 10.1. The van der Waals surface area contributed by atoms with Crippen molar-refractivity contribution >= 4 is 51.2 Å². The Morgan fingerprint density at radius 2 is 1.90 bits per heavy atom. The average Bonchev–Trinajstić information content (AvgIpc) is 3.25. The third-order valence-electron chi connectivity index (χ3n) is 4.81. The van der Waals surface area contributed by atoms with Gasteiger partial charge in [-0.1, -0.05) is 24.3 Å². The van der Waals surface area contributed by atoms with Gasteiger partial charge >= 0.3 is 6.03 Å². The number of carbonyl (C=O) groups is 3. The van der Waals surface area contributed by atoms with Gasteiger partial charge in [-0.2, -0.15) is 0 Å². The van der Waals surface area contributed by atoms with E-state index in [1.807, 2.05) is 42.5 Å². The van der Waals surface area contributed by atoms with Crippen LogP contribution in [0.15, 0.2) is 53.4 Å². The largest absolute Gasteiger partial charge is 0.335 e. The van der Waals surface area contributed by atoms with Crippen LogP contribution < -0.4 is 10.6 Å². The van der Waals surface area contributed by atoms with Crippen molar-refractivity contribution in [3.63, 3.8) is 0 Å². The summed E-state index contributed by atoms with van der Waals surface area (Å²) >= 11 is 2.94. The number of para-hydroxylation sites is 1. The summed E-state index contributed by atoms with van der Waals surface area (Å²) in [5.74, 6) is -0.171. The topological polar surface area (TPSA) is 91.4 Å². The maximum absolute atomic E-state index is 13.1. The first-order valence-electron chi connectivity index (χ1n) is 9.31. The molecule has 4 rings (SSSR count). The maximum atomic E-state index is 13.1. The molecule has 0 spiro atoms. The first kappa shape index (κ1) is 20.4. The Balaban J connectivity index is 1.48. The number of hydrogen-bond acceptors (Lipinski definition) is 6. The van der Waals surface area contributed by atoms with E-state index < -0.39 is 11.6 Å². The number of nitrogens with one attached hydrogen (secondary N) is 2. The smallest absolute Gasteiger partial charge is 0.322 e. The molecule has 154 valence electrons. The second kappa shape index (κ2) is 8.08. The fraction of sp³-hybridized carbons (Fsp3) is 0.238. The van der Waals surface area contributed by atoms with Gasteiger partial charge in [0.25, 0.3) is 11.8 Å². The number of benzene rings is 2. The lowest BCUT2D eigenvalue weighted by molar-refractivity contribution is -0.122. The Hall–Kier alpha value is -2.91. The molecule has 0 aliphatic carbocycles. The van der Waals surface area contributed by atoms with Crippen molar-refractivity contribution in [2.45, 2.75) is 23.9 Å². The predicted octanol–water partition coefficient (Wildman–Crippen LogP) is 3.26. The van der Waals surface area contributed by atoms with Gasteiger partial charge in [-0.15, -0.1) is 23.1 Å². The molecule has 4 amide bonds. The number of fused-ring (bicyclic) bond motifs is 1. The van der Waals surface area contributed by atoms with Crippen LogP contribution in [0.25, 0.3) is 10.2 Å². The Morgan fingerprint density at radius 1 is 1.17 bits per heavy atom. The van der Waals surface area contributed by atoms with E-state index in [-0.39, 0.29) is 11.8 Å². The second-order valence-corrected chi connectivity index (χ2v) is 9.39. The lowest BCUT2D eigenvalue weighted by Gasteiger charge is -2.21. The normalized spacial score (nSPS) is 18.3. The molecule has 0 bridgehead atoms. The van der Waals surface area contributed by atoms with E-state index in [9.17, 15) is 14.4 Å². The van der Waals surface area contributed by atoms with E-state index in [2.05, 4.69) is 15.6 Å². The standard InChI is InChI=1S/C21H20N4O3S2/c1-21(19(27)23-20(28)24-21)12-29-15-9-5-3-7-13(15)18(26)25(2)11-17-22-14-8-4-6-10-16(14)30-17/h3-10H,11-12H2,1-2H3,(H2,23,24,27,28)/t21-/m1/s1. The van der Waals surface area contributed by atoms with Crippen LogP contribution >= 0.6 is 23.1 Å². The van der Waals surface area contributed by atoms with E-state index in [4.69, 9.17) is 0 Å². The number of thioether (sulfide) groups is 1. The van der Waals surface area contributed by atoms with Gasteiger partial charge in [0.1, 0.15) is 10.5 Å². The van der Waals surface area contributed by atoms with Crippen LogP contribution in [-0.4, -0.2) is 46.1 Å². The van der Waals surface area contributed by atoms with Gasteiger partial charge < -0.3 is 10.2 Å². The second-order valence-electron chi connectivity index (χ2n) is 7.26. The van der Waals surface area contributed by atoms with Crippen LogP contribution in [-0.2, 0) is 11.3 Å². The van der Waals surface area contributed by atoms with Crippen LogP contribution in [0.5, 0.6) is 0 Å². The zero-order valence-corrected chi connectivity index (χ0v) is 18.1. The number of carbonyl (C=O) groups excluding carboxylic acids is 3. The number of aromatic nitrogens is 1. The number of rotatable bonds is 6. The minimum atomic E-state index is -1.01. The number of imide groups is 1. The van der Waals surface area contributed by atoms with Gasteiger partial charge in [0.2, 0.25) is 0 Å². The van der Waals surface area contributed by atoms with Gasteiger partial charge in [-0.05, 0) is 31.2 Å². The average molecular weight is 441 g/mol. The van der Waals surface area contributed by atoms with Gasteiger partial charge in [0.15, 0.2) is 0 Å². The number of amides is 4. The number of urea groups is 1. The van der Waals surface area contributed by atoms with Crippen LogP contribution in [0.1, 0.15) is 22.3 Å². The zero-order chi connectivity index (χ0) is 21.3. The fourth-order valence-electron chi connectivity index (χ4n) is 3.14. The first-order chi connectivity index (χ1) is 14.4. The highest BCUT2D eigenvalue weighted by atomic mass is 32.2. The molecular weight excluding hydrogens is 420 g/mol. The Labute approximate surface area is 181 Å². The molecule has 7 nitrogen and oxygen atoms in total. The third kappa shape index (κ3) is 4.03. The molecule has 1 aromatic heterocycles. The van der Waals surface area contributed by atoms with E-state index in [1.54, 1.807) is 36.3 Å². The van der Waals surface area contributed by atoms with E-state index >= 15 is 0 Å². The molecule has 0 saturated carbocycles. The first-order valence-corrected chi connectivity index (χ1v) is 11.1. The molecule has 2 aromatic carbocycles. The lowest BCUT2D eigenvalue weighted by Crippen LogP contribution is -2.46. The molecule has 1 aliphatic heterocycles. The summed E-state index contributed by atoms with van der Waals surface area (Å²) in [7, 11) is 1.75. The summed E-state index contributed by atoms with van der Waals surface area (Å²) < 4.78 is 1.09. The SMILES string of the molecule is CN(Cc1nc2ccccc2s1)C(=O)c1ccccc1SC[C@@]1(C)NC(=O)NC1=O. The molecule has 2 N–H and O–H groups in total. The summed E-state index contributed by atoms with van der Waals surface area (Å²) in [5, 5.41) is 5.77. The highest BCUT2D eigenvalue weighted by Crippen LogP contribution is 2.29. The minimum Gasteiger partial charge on any atom is -0.335 e. The number of hydrogen-bond donors (Lipinski definition) is 2. The van der Waals surface area contributed by atoms with E-state index in [0.717, 1.165) is 20.1 Å². The van der Waals surface area contributed by atoms with Crippen molar-refractivity contribution in [2.75, 3.05) is 12.8 Å². The molecule has 2 heterocycles.